The SMILES string of the molecule is Cc1cc(NS(=O)(=O)N2CCCC(C(=O)O)C2)on1. The maximum absolute atomic E-state index is 12.1. The highest BCUT2D eigenvalue weighted by atomic mass is 32.2. The number of carbonyl (C=O) groups is 1. The Balaban J connectivity index is 2.08. The van der Waals surface area contributed by atoms with Gasteiger partial charge in [0.2, 0.25) is 5.88 Å². The first kappa shape index (κ1) is 13.8. The van der Waals surface area contributed by atoms with Crippen LogP contribution >= 0.6 is 0 Å². The van der Waals surface area contributed by atoms with Crippen LogP contribution in [0.15, 0.2) is 10.6 Å². The van der Waals surface area contributed by atoms with Gasteiger partial charge in [-0.3, -0.25) is 4.79 Å². The standard InChI is InChI=1S/C10H15N3O5S/c1-7-5-9(18-11-7)12-19(16,17)13-4-2-3-8(6-13)10(14)15/h5,8,12H,2-4,6H2,1H3,(H,14,15). The third-order valence-electron chi connectivity index (χ3n) is 2.93. The summed E-state index contributed by atoms with van der Waals surface area (Å²) in [5, 5.41) is 12.5. The molecule has 0 aromatic carbocycles. The second-order valence-corrected chi connectivity index (χ2v) is 6.15. The molecular weight excluding hydrogens is 274 g/mol. The number of carboxylic acid groups (broad SMARTS) is 1. The van der Waals surface area contributed by atoms with Crippen molar-refractivity contribution in [3.63, 3.8) is 0 Å². The van der Waals surface area contributed by atoms with Crippen molar-refractivity contribution in [3.05, 3.63) is 11.8 Å². The Kier molecular flexibility index (Phi) is 3.76. The third-order valence-corrected chi connectivity index (χ3v) is 4.40. The second-order valence-electron chi connectivity index (χ2n) is 4.48. The van der Waals surface area contributed by atoms with Crippen molar-refractivity contribution >= 4 is 22.1 Å². The molecule has 0 aliphatic carbocycles. The highest BCUT2D eigenvalue weighted by Gasteiger charge is 2.32. The summed E-state index contributed by atoms with van der Waals surface area (Å²) in [6.45, 7) is 1.94. The van der Waals surface area contributed by atoms with E-state index < -0.39 is 22.1 Å². The number of aliphatic carboxylic acids is 1. The lowest BCUT2D eigenvalue weighted by atomic mass is 10.0. The molecule has 1 aliphatic rings. The lowest BCUT2D eigenvalue weighted by molar-refractivity contribution is -0.142. The van der Waals surface area contributed by atoms with Crippen LogP contribution in [0.1, 0.15) is 18.5 Å². The zero-order valence-electron chi connectivity index (χ0n) is 10.4. The van der Waals surface area contributed by atoms with Gasteiger partial charge in [-0.2, -0.15) is 12.7 Å². The third kappa shape index (κ3) is 3.24. The van der Waals surface area contributed by atoms with Gasteiger partial charge in [0.05, 0.1) is 11.6 Å². The molecule has 8 nitrogen and oxygen atoms in total. The average Bonchev–Trinajstić information content (AvgIpc) is 2.74. The molecule has 1 unspecified atom stereocenters. The molecule has 0 spiro atoms. The maximum Gasteiger partial charge on any atom is 0.307 e. The van der Waals surface area contributed by atoms with Crippen LogP contribution in [0.3, 0.4) is 0 Å². The lowest BCUT2D eigenvalue weighted by Gasteiger charge is -2.29. The number of rotatable bonds is 4. The van der Waals surface area contributed by atoms with Gasteiger partial charge >= 0.3 is 16.2 Å². The molecule has 1 aromatic heterocycles. The second kappa shape index (κ2) is 5.17. The zero-order valence-corrected chi connectivity index (χ0v) is 11.2. The first-order valence-corrected chi connectivity index (χ1v) is 7.26. The Morgan fingerprint density at radius 1 is 1.63 bits per heavy atom. The molecule has 2 heterocycles. The highest BCUT2D eigenvalue weighted by molar-refractivity contribution is 7.90. The van der Waals surface area contributed by atoms with E-state index in [1.165, 1.54) is 6.07 Å². The van der Waals surface area contributed by atoms with E-state index in [1.807, 2.05) is 0 Å². The van der Waals surface area contributed by atoms with Crippen LogP contribution in [0.25, 0.3) is 0 Å². The molecular formula is C10H15N3O5S. The highest BCUT2D eigenvalue weighted by Crippen LogP contribution is 2.21. The monoisotopic (exact) mass is 289 g/mol. The van der Waals surface area contributed by atoms with Gasteiger partial charge in [-0.15, -0.1) is 0 Å². The zero-order chi connectivity index (χ0) is 14.0. The number of aryl methyl sites for hydroxylation is 1. The summed E-state index contributed by atoms with van der Waals surface area (Å²) in [7, 11) is -3.80. The van der Waals surface area contributed by atoms with Crippen molar-refractivity contribution in [2.24, 2.45) is 5.92 Å². The van der Waals surface area contributed by atoms with Gasteiger partial charge in [-0.05, 0) is 19.8 Å². The summed E-state index contributed by atoms with van der Waals surface area (Å²) in [5.74, 6) is -1.62. The van der Waals surface area contributed by atoms with Crippen molar-refractivity contribution in [3.8, 4) is 0 Å². The van der Waals surface area contributed by atoms with E-state index in [1.54, 1.807) is 6.92 Å². The van der Waals surface area contributed by atoms with Gasteiger partial charge in [0.25, 0.3) is 0 Å². The summed E-state index contributed by atoms with van der Waals surface area (Å²) in [6.07, 6.45) is 1.01. The first-order valence-electron chi connectivity index (χ1n) is 5.82. The minimum atomic E-state index is -3.80. The molecule has 0 bridgehead atoms. The predicted octanol–water partition coefficient (Wildman–Crippen LogP) is 0.436. The van der Waals surface area contributed by atoms with Crippen LogP contribution < -0.4 is 4.72 Å². The van der Waals surface area contributed by atoms with Crippen LogP contribution in [0, 0.1) is 12.8 Å². The smallest absolute Gasteiger partial charge is 0.307 e. The van der Waals surface area contributed by atoms with Crippen molar-refractivity contribution in [2.45, 2.75) is 19.8 Å². The number of nitrogens with one attached hydrogen (secondary N) is 1. The van der Waals surface area contributed by atoms with E-state index >= 15 is 0 Å². The molecule has 1 atom stereocenters. The van der Waals surface area contributed by atoms with Gasteiger partial charge < -0.3 is 9.63 Å². The van der Waals surface area contributed by atoms with Crippen LogP contribution in [-0.4, -0.2) is 42.0 Å². The van der Waals surface area contributed by atoms with Gasteiger partial charge in [0, 0.05) is 19.2 Å². The van der Waals surface area contributed by atoms with Crippen LogP contribution in [-0.2, 0) is 15.0 Å². The molecule has 106 valence electrons. The molecule has 0 saturated carbocycles. The van der Waals surface area contributed by atoms with Gasteiger partial charge in [0.15, 0.2) is 0 Å². The lowest BCUT2D eigenvalue weighted by Crippen LogP contribution is -2.44. The molecule has 2 N–H and O–H groups in total. The van der Waals surface area contributed by atoms with Crippen LogP contribution in [0.5, 0.6) is 0 Å². The molecule has 19 heavy (non-hydrogen) atoms. The van der Waals surface area contributed by atoms with E-state index in [2.05, 4.69) is 9.88 Å². The predicted molar refractivity (Wildman–Crippen MR) is 65.7 cm³/mol. The fourth-order valence-corrected chi connectivity index (χ4v) is 3.19. The number of nitrogens with zero attached hydrogens (tertiary/aromatic N) is 2. The van der Waals surface area contributed by atoms with Gasteiger partial charge in [0.1, 0.15) is 0 Å². The van der Waals surface area contributed by atoms with Crippen molar-refractivity contribution < 1.29 is 22.8 Å². The summed E-state index contributed by atoms with van der Waals surface area (Å²) in [5.41, 5.74) is 0.555. The molecule has 1 aliphatic heterocycles. The van der Waals surface area contributed by atoms with E-state index in [-0.39, 0.29) is 12.4 Å². The number of hydrogen-bond donors (Lipinski definition) is 2. The molecule has 1 aromatic rings. The van der Waals surface area contributed by atoms with Crippen molar-refractivity contribution in [2.75, 3.05) is 17.8 Å². The van der Waals surface area contributed by atoms with E-state index in [9.17, 15) is 13.2 Å². The molecule has 1 saturated heterocycles. The van der Waals surface area contributed by atoms with Crippen molar-refractivity contribution in [1.82, 2.24) is 9.46 Å². The summed E-state index contributed by atoms with van der Waals surface area (Å²) in [6, 6.07) is 1.45. The molecule has 0 amide bonds. The summed E-state index contributed by atoms with van der Waals surface area (Å²) < 4.78 is 32.3. The van der Waals surface area contributed by atoms with Gasteiger partial charge in [-0.1, -0.05) is 5.16 Å². The topological polar surface area (TPSA) is 113 Å². The average molecular weight is 289 g/mol. The normalized spacial score (nSPS) is 21.2. The number of anilines is 1. The molecule has 1 fully saturated rings. The Morgan fingerprint density at radius 2 is 2.37 bits per heavy atom. The first-order chi connectivity index (χ1) is 8.88. The summed E-state index contributed by atoms with van der Waals surface area (Å²) >= 11 is 0. The Hall–Kier alpha value is -1.61. The van der Waals surface area contributed by atoms with E-state index in [0.29, 0.717) is 25.1 Å². The van der Waals surface area contributed by atoms with E-state index in [0.717, 1.165) is 4.31 Å². The fourth-order valence-electron chi connectivity index (χ4n) is 1.97. The summed E-state index contributed by atoms with van der Waals surface area (Å²) in [4.78, 5) is 10.9. The number of hydrogen-bond acceptors (Lipinski definition) is 5. The number of aromatic nitrogens is 1. The maximum atomic E-state index is 12.1. The number of carboxylic acids is 1. The fraction of sp³-hybridized carbons (Fsp3) is 0.600. The number of piperidine rings is 1. The Bertz CT molecular complexity index is 567. The van der Waals surface area contributed by atoms with E-state index in [4.69, 9.17) is 9.63 Å². The van der Waals surface area contributed by atoms with Crippen LogP contribution in [0.4, 0.5) is 5.88 Å². The minimum absolute atomic E-state index is 0.0231. The molecule has 9 heteroatoms. The Labute approximate surface area is 110 Å². The van der Waals surface area contributed by atoms with Crippen molar-refractivity contribution in [1.29, 1.82) is 0 Å². The minimum Gasteiger partial charge on any atom is -0.481 e. The Morgan fingerprint density at radius 3 is 2.95 bits per heavy atom. The van der Waals surface area contributed by atoms with Gasteiger partial charge in [-0.25, -0.2) is 4.72 Å². The molecule has 2 rings (SSSR count). The van der Waals surface area contributed by atoms with Crippen LogP contribution in [0.2, 0.25) is 0 Å². The quantitative estimate of drug-likeness (QED) is 0.831. The largest absolute Gasteiger partial charge is 0.481 e. The molecule has 0 radical (unpaired) electrons.